The number of hydrogen-bond acceptors (Lipinski definition) is 1. The molecule has 1 nitrogen and oxygen atoms in total. The van der Waals surface area contributed by atoms with Crippen LogP contribution in [-0.4, -0.2) is 5.78 Å². The third-order valence-electron chi connectivity index (χ3n) is 5.09. The highest BCUT2D eigenvalue weighted by Gasteiger charge is 2.48. The normalized spacial score (nSPS) is 46.8. The molecule has 0 aromatic rings. The van der Waals surface area contributed by atoms with E-state index in [1.165, 1.54) is 38.2 Å². The summed E-state index contributed by atoms with van der Waals surface area (Å²) < 4.78 is 0. The summed E-state index contributed by atoms with van der Waals surface area (Å²) in [4.78, 5) is 11.5. The van der Waals surface area contributed by atoms with Gasteiger partial charge in [-0.3, -0.25) is 4.79 Å². The molecule has 0 amide bonds. The molecule has 0 heterocycles. The van der Waals surface area contributed by atoms with Crippen LogP contribution in [0, 0.1) is 29.6 Å². The minimum absolute atomic E-state index is 0.271. The number of ketones is 1. The van der Waals surface area contributed by atoms with E-state index in [4.69, 9.17) is 0 Å². The molecule has 0 aromatic carbocycles. The lowest BCUT2D eigenvalue weighted by atomic mass is 9.51. The molecule has 4 bridgehead atoms. The monoisotopic (exact) mass is 204 g/mol. The van der Waals surface area contributed by atoms with Gasteiger partial charge in [-0.15, -0.1) is 0 Å². The van der Waals surface area contributed by atoms with Crippen molar-refractivity contribution in [3.05, 3.63) is 12.7 Å². The maximum Gasteiger partial charge on any atom is 0.155 e. The second-order valence-electron chi connectivity index (χ2n) is 5.97. The highest BCUT2D eigenvalue weighted by molar-refractivity contribution is 5.89. The maximum absolute atomic E-state index is 11.5. The van der Waals surface area contributed by atoms with Crippen LogP contribution in [0.15, 0.2) is 12.7 Å². The minimum Gasteiger partial charge on any atom is -0.295 e. The van der Waals surface area contributed by atoms with E-state index >= 15 is 0 Å². The van der Waals surface area contributed by atoms with Crippen molar-refractivity contribution in [2.45, 2.75) is 38.5 Å². The SMILES string of the molecule is C=CC(=O)CC1C2CC3CC(C2)CC1C3. The highest BCUT2D eigenvalue weighted by Crippen LogP contribution is 2.57. The van der Waals surface area contributed by atoms with Gasteiger partial charge >= 0.3 is 0 Å². The fourth-order valence-electron chi connectivity index (χ4n) is 4.69. The van der Waals surface area contributed by atoms with Gasteiger partial charge in [-0.1, -0.05) is 6.58 Å². The predicted octanol–water partition coefficient (Wildman–Crippen LogP) is 3.20. The third-order valence-corrected chi connectivity index (χ3v) is 5.09. The van der Waals surface area contributed by atoms with E-state index in [0.717, 1.165) is 30.1 Å². The summed E-state index contributed by atoms with van der Waals surface area (Å²) in [5.74, 6) is 4.77. The Kier molecular flexibility index (Phi) is 2.22. The second-order valence-corrected chi connectivity index (χ2v) is 5.97. The quantitative estimate of drug-likeness (QED) is 0.645. The molecule has 4 rings (SSSR count). The Morgan fingerprint density at radius 2 is 1.60 bits per heavy atom. The zero-order valence-corrected chi connectivity index (χ0v) is 9.32. The van der Waals surface area contributed by atoms with E-state index in [2.05, 4.69) is 6.58 Å². The van der Waals surface area contributed by atoms with Crippen molar-refractivity contribution >= 4 is 5.78 Å². The van der Waals surface area contributed by atoms with Crippen LogP contribution in [0.25, 0.3) is 0 Å². The smallest absolute Gasteiger partial charge is 0.155 e. The Balaban J connectivity index is 1.74. The van der Waals surface area contributed by atoms with Crippen molar-refractivity contribution in [2.75, 3.05) is 0 Å². The van der Waals surface area contributed by atoms with Crippen LogP contribution in [0.3, 0.4) is 0 Å². The molecular formula is C14H20O. The van der Waals surface area contributed by atoms with Crippen LogP contribution < -0.4 is 0 Å². The topological polar surface area (TPSA) is 17.1 Å². The standard InChI is InChI=1S/C14H20O/c1-2-13(15)8-14-11-4-9-3-10(6-11)7-12(14)5-9/h2,9-12,14H,1,3-8H2. The van der Waals surface area contributed by atoms with Gasteiger partial charge in [0.1, 0.15) is 0 Å². The summed E-state index contributed by atoms with van der Waals surface area (Å²) in [5, 5.41) is 0. The zero-order chi connectivity index (χ0) is 10.4. The van der Waals surface area contributed by atoms with Crippen LogP contribution in [0.1, 0.15) is 38.5 Å². The van der Waals surface area contributed by atoms with Crippen molar-refractivity contribution in [2.24, 2.45) is 29.6 Å². The van der Waals surface area contributed by atoms with Gasteiger partial charge in [0.25, 0.3) is 0 Å². The molecule has 4 aliphatic rings. The second kappa shape index (κ2) is 3.47. The van der Waals surface area contributed by atoms with Crippen LogP contribution >= 0.6 is 0 Å². The summed E-state index contributed by atoms with van der Waals surface area (Å²) >= 11 is 0. The molecule has 0 radical (unpaired) electrons. The molecule has 0 aliphatic heterocycles. The first-order chi connectivity index (χ1) is 7.26. The van der Waals surface area contributed by atoms with Gasteiger partial charge in [0, 0.05) is 6.42 Å². The van der Waals surface area contributed by atoms with E-state index in [-0.39, 0.29) is 5.78 Å². The molecule has 0 spiro atoms. The van der Waals surface area contributed by atoms with E-state index in [9.17, 15) is 4.79 Å². The molecule has 4 saturated carbocycles. The summed E-state index contributed by atoms with van der Waals surface area (Å²) in [5.41, 5.74) is 0. The van der Waals surface area contributed by atoms with Crippen LogP contribution in [-0.2, 0) is 4.79 Å². The Labute approximate surface area is 91.9 Å². The minimum atomic E-state index is 0.271. The fourth-order valence-corrected chi connectivity index (χ4v) is 4.69. The molecule has 0 unspecified atom stereocenters. The first-order valence-electron chi connectivity index (χ1n) is 6.41. The van der Waals surface area contributed by atoms with Crippen LogP contribution in [0.2, 0.25) is 0 Å². The van der Waals surface area contributed by atoms with E-state index in [1.54, 1.807) is 0 Å². The third kappa shape index (κ3) is 1.56. The summed E-state index contributed by atoms with van der Waals surface area (Å²) in [7, 11) is 0. The van der Waals surface area contributed by atoms with Gasteiger partial charge in [-0.25, -0.2) is 0 Å². The van der Waals surface area contributed by atoms with Gasteiger partial charge < -0.3 is 0 Å². The van der Waals surface area contributed by atoms with Gasteiger partial charge in [-0.05, 0) is 67.8 Å². The van der Waals surface area contributed by atoms with Crippen molar-refractivity contribution in [1.29, 1.82) is 0 Å². The average Bonchev–Trinajstić information content (AvgIpc) is 2.22. The highest BCUT2D eigenvalue weighted by atomic mass is 16.1. The van der Waals surface area contributed by atoms with Gasteiger partial charge in [0.2, 0.25) is 0 Å². The lowest BCUT2D eigenvalue weighted by Crippen LogP contribution is -2.45. The molecule has 15 heavy (non-hydrogen) atoms. The summed E-state index contributed by atoms with van der Waals surface area (Å²) in [6.07, 6.45) is 9.48. The number of rotatable bonds is 3. The van der Waals surface area contributed by atoms with Gasteiger partial charge in [0.15, 0.2) is 5.78 Å². The van der Waals surface area contributed by atoms with Crippen LogP contribution in [0.4, 0.5) is 0 Å². The average molecular weight is 204 g/mol. The number of carbonyl (C=O) groups excluding carboxylic acids is 1. The van der Waals surface area contributed by atoms with Gasteiger partial charge in [-0.2, -0.15) is 0 Å². The lowest BCUT2D eigenvalue weighted by molar-refractivity contribution is -0.119. The van der Waals surface area contributed by atoms with Crippen molar-refractivity contribution < 1.29 is 4.79 Å². The summed E-state index contributed by atoms with van der Waals surface area (Å²) in [6, 6.07) is 0. The summed E-state index contributed by atoms with van der Waals surface area (Å²) in [6.45, 7) is 3.59. The number of hydrogen-bond donors (Lipinski definition) is 0. The maximum atomic E-state index is 11.5. The first-order valence-corrected chi connectivity index (χ1v) is 6.41. The van der Waals surface area contributed by atoms with Crippen molar-refractivity contribution in [3.63, 3.8) is 0 Å². The molecule has 4 aliphatic carbocycles. The Bertz CT molecular complexity index is 264. The first kappa shape index (κ1) is 9.62. The van der Waals surface area contributed by atoms with Crippen molar-refractivity contribution in [1.82, 2.24) is 0 Å². The molecule has 0 atom stereocenters. The Morgan fingerprint density at radius 3 is 2.07 bits per heavy atom. The Morgan fingerprint density at radius 1 is 1.07 bits per heavy atom. The van der Waals surface area contributed by atoms with Crippen molar-refractivity contribution in [3.8, 4) is 0 Å². The number of carbonyl (C=O) groups is 1. The van der Waals surface area contributed by atoms with Crippen LogP contribution in [0.5, 0.6) is 0 Å². The molecule has 0 saturated heterocycles. The molecule has 0 aromatic heterocycles. The zero-order valence-electron chi connectivity index (χ0n) is 9.32. The molecule has 82 valence electrons. The van der Waals surface area contributed by atoms with Gasteiger partial charge in [0.05, 0.1) is 0 Å². The predicted molar refractivity (Wildman–Crippen MR) is 60.4 cm³/mol. The lowest BCUT2D eigenvalue weighted by Gasteiger charge is -2.54. The molecule has 0 N–H and O–H groups in total. The fraction of sp³-hybridized carbons (Fsp3) is 0.786. The van der Waals surface area contributed by atoms with E-state index < -0.39 is 0 Å². The molecular weight excluding hydrogens is 184 g/mol. The van der Waals surface area contributed by atoms with E-state index in [0.29, 0.717) is 5.92 Å². The molecule has 4 fully saturated rings. The largest absolute Gasteiger partial charge is 0.295 e. The Hall–Kier alpha value is -0.590. The van der Waals surface area contributed by atoms with E-state index in [1.807, 2.05) is 0 Å². The number of allylic oxidation sites excluding steroid dienone is 1. The molecule has 1 heteroatoms.